The van der Waals surface area contributed by atoms with Crippen molar-refractivity contribution in [3.05, 3.63) is 12.2 Å². The van der Waals surface area contributed by atoms with Crippen molar-refractivity contribution in [1.82, 2.24) is 4.90 Å². The molecule has 0 saturated heterocycles. The minimum atomic E-state index is -0.818. The Morgan fingerprint density at radius 3 is 2.50 bits per heavy atom. The van der Waals surface area contributed by atoms with Crippen molar-refractivity contribution < 1.29 is 14.7 Å². The number of nitrogens with zero attached hydrogens (tertiary/aromatic N) is 1. The number of fused-ring (bicyclic) bond motifs is 2. The van der Waals surface area contributed by atoms with Gasteiger partial charge in [-0.25, -0.2) is 0 Å². The van der Waals surface area contributed by atoms with Gasteiger partial charge in [-0.05, 0) is 37.5 Å². The van der Waals surface area contributed by atoms with Crippen LogP contribution in [0.15, 0.2) is 12.2 Å². The molecule has 2 bridgehead atoms. The van der Waals surface area contributed by atoms with Gasteiger partial charge in [0.05, 0.1) is 6.42 Å². The van der Waals surface area contributed by atoms with E-state index in [2.05, 4.69) is 12.2 Å². The predicted octanol–water partition coefficient (Wildman–Crippen LogP) is 1.66. The molecule has 0 spiro atoms. The predicted molar refractivity (Wildman–Crippen MR) is 65.8 cm³/mol. The first-order valence-corrected chi connectivity index (χ1v) is 6.85. The summed E-state index contributed by atoms with van der Waals surface area (Å²) in [6.45, 7) is 0.385. The second-order valence-corrected chi connectivity index (χ2v) is 5.79. The van der Waals surface area contributed by atoms with Gasteiger partial charge >= 0.3 is 5.97 Å². The SMILES string of the molecule is O=C(O)CCN(C(=O)C1CC2C=CC1C2)C1CC1. The van der Waals surface area contributed by atoms with Crippen LogP contribution in [0.3, 0.4) is 0 Å². The van der Waals surface area contributed by atoms with Crippen molar-refractivity contribution >= 4 is 11.9 Å². The molecule has 4 heteroatoms. The van der Waals surface area contributed by atoms with Crippen LogP contribution in [-0.2, 0) is 9.59 Å². The van der Waals surface area contributed by atoms with Gasteiger partial charge in [-0.15, -0.1) is 0 Å². The van der Waals surface area contributed by atoms with Crippen molar-refractivity contribution in [3.63, 3.8) is 0 Å². The topological polar surface area (TPSA) is 57.6 Å². The fourth-order valence-corrected chi connectivity index (χ4v) is 3.35. The lowest BCUT2D eigenvalue weighted by Crippen LogP contribution is -2.40. The Morgan fingerprint density at radius 1 is 1.22 bits per heavy atom. The highest BCUT2D eigenvalue weighted by atomic mass is 16.4. The normalized spacial score (nSPS) is 32.8. The Morgan fingerprint density at radius 2 is 2.00 bits per heavy atom. The molecule has 3 aliphatic rings. The van der Waals surface area contributed by atoms with Gasteiger partial charge in [0.15, 0.2) is 0 Å². The number of amides is 1. The monoisotopic (exact) mass is 249 g/mol. The van der Waals surface area contributed by atoms with E-state index in [1.54, 1.807) is 0 Å². The zero-order valence-electron chi connectivity index (χ0n) is 10.4. The number of hydrogen-bond acceptors (Lipinski definition) is 2. The molecule has 3 unspecified atom stereocenters. The minimum absolute atomic E-state index is 0.0683. The zero-order valence-corrected chi connectivity index (χ0v) is 10.4. The summed E-state index contributed by atoms with van der Waals surface area (Å²) in [7, 11) is 0. The van der Waals surface area contributed by atoms with Gasteiger partial charge < -0.3 is 10.0 Å². The van der Waals surface area contributed by atoms with Gasteiger partial charge in [0.2, 0.25) is 5.91 Å². The molecule has 0 aliphatic heterocycles. The second kappa shape index (κ2) is 4.41. The molecule has 3 rings (SSSR count). The molecule has 0 aromatic carbocycles. The van der Waals surface area contributed by atoms with Crippen LogP contribution >= 0.6 is 0 Å². The molecule has 4 nitrogen and oxygen atoms in total. The summed E-state index contributed by atoms with van der Waals surface area (Å²) in [6, 6.07) is 0.319. The average molecular weight is 249 g/mol. The van der Waals surface area contributed by atoms with Crippen LogP contribution in [0, 0.1) is 17.8 Å². The molecule has 1 amide bonds. The number of carboxylic acids is 1. The van der Waals surface area contributed by atoms with Gasteiger partial charge in [-0.1, -0.05) is 12.2 Å². The molecule has 98 valence electrons. The quantitative estimate of drug-likeness (QED) is 0.754. The highest BCUT2D eigenvalue weighted by Crippen LogP contribution is 2.45. The maximum atomic E-state index is 12.5. The molecule has 0 heterocycles. The number of rotatable bonds is 5. The van der Waals surface area contributed by atoms with E-state index in [9.17, 15) is 9.59 Å². The zero-order chi connectivity index (χ0) is 12.7. The third-order valence-corrected chi connectivity index (χ3v) is 4.43. The number of hydrogen-bond donors (Lipinski definition) is 1. The molecule has 2 fully saturated rings. The van der Waals surface area contributed by atoms with Crippen molar-refractivity contribution in [2.45, 2.75) is 38.1 Å². The van der Waals surface area contributed by atoms with E-state index in [4.69, 9.17) is 5.11 Å². The second-order valence-electron chi connectivity index (χ2n) is 5.79. The van der Waals surface area contributed by atoms with E-state index in [0.29, 0.717) is 24.4 Å². The third-order valence-electron chi connectivity index (χ3n) is 4.43. The Kier molecular flexibility index (Phi) is 2.88. The van der Waals surface area contributed by atoms with Crippen LogP contribution in [-0.4, -0.2) is 34.5 Å². The number of allylic oxidation sites excluding steroid dienone is 2. The lowest BCUT2D eigenvalue weighted by Gasteiger charge is -2.27. The molecule has 3 aliphatic carbocycles. The number of carbonyl (C=O) groups excluding carboxylic acids is 1. The van der Waals surface area contributed by atoms with E-state index in [1.807, 2.05) is 4.90 Å². The smallest absolute Gasteiger partial charge is 0.305 e. The van der Waals surface area contributed by atoms with E-state index < -0.39 is 5.97 Å². The van der Waals surface area contributed by atoms with Crippen LogP contribution in [0.2, 0.25) is 0 Å². The minimum Gasteiger partial charge on any atom is -0.481 e. The number of carboxylic acid groups (broad SMARTS) is 1. The molecule has 18 heavy (non-hydrogen) atoms. The molecule has 1 N–H and O–H groups in total. The lowest BCUT2D eigenvalue weighted by molar-refractivity contribution is -0.140. The number of aliphatic carboxylic acids is 1. The largest absolute Gasteiger partial charge is 0.481 e. The van der Waals surface area contributed by atoms with Crippen LogP contribution in [0.5, 0.6) is 0 Å². The van der Waals surface area contributed by atoms with E-state index in [1.165, 1.54) is 0 Å². The fourth-order valence-electron chi connectivity index (χ4n) is 3.35. The Bertz CT molecular complexity index is 400. The summed E-state index contributed by atoms with van der Waals surface area (Å²) in [5, 5.41) is 8.77. The highest BCUT2D eigenvalue weighted by molar-refractivity contribution is 5.81. The molecular formula is C14H19NO3. The van der Waals surface area contributed by atoms with Crippen molar-refractivity contribution in [2.75, 3.05) is 6.54 Å². The Hall–Kier alpha value is -1.32. The van der Waals surface area contributed by atoms with Gasteiger partial charge in [-0.3, -0.25) is 9.59 Å². The number of carbonyl (C=O) groups is 2. The molecular weight excluding hydrogens is 230 g/mol. The van der Waals surface area contributed by atoms with Gasteiger partial charge in [-0.2, -0.15) is 0 Å². The van der Waals surface area contributed by atoms with Gasteiger partial charge in [0.1, 0.15) is 0 Å². The summed E-state index contributed by atoms with van der Waals surface area (Å²) < 4.78 is 0. The Labute approximate surface area is 107 Å². The lowest BCUT2D eigenvalue weighted by atomic mass is 9.92. The maximum absolute atomic E-state index is 12.5. The first-order valence-electron chi connectivity index (χ1n) is 6.85. The molecule has 3 atom stereocenters. The van der Waals surface area contributed by atoms with Crippen LogP contribution in [0.1, 0.15) is 32.1 Å². The van der Waals surface area contributed by atoms with Crippen molar-refractivity contribution in [1.29, 1.82) is 0 Å². The van der Waals surface area contributed by atoms with Crippen LogP contribution in [0.25, 0.3) is 0 Å². The summed E-state index contributed by atoms with van der Waals surface area (Å²) in [4.78, 5) is 25.0. The molecule has 0 radical (unpaired) electrons. The Balaban J connectivity index is 1.65. The fraction of sp³-hybridized carbons (Fsp3) is 0.714. The summed E-state index contributed by atoms with van der Waals surface area (Å²) in [5.41, 5.74) is 0. The van der Waals surface area contributed by atoms with Gasteiger partial charge in [0, 0.05) is 18.5 Å². The van der Waals surface area contributed by atoms with Crippen molar-refractivity contribution in [3.8, 4) is 0 Å². The first kappa shape index (κ1) is 11.8. The molecule has 0 aromatic rings. The average Bonchev–Trinajstić information content (AvgIpc) is 2.95. The molecule has 0 aromatic heterocycles. The summed E-state index contributed by atoms with van der Waals surface area (Å²) in [6.07, 6.45) is 8.65. The highest BCUT2D eigenvalue weighted by Gasteiger charge is 2.44. The van der Waals surface area contributed by atoms with Crippen LogP contribution < -0.4 is 0 Å². The maximum Gasteiger partial charge on any atom is 0.305 e. The van der Waals surface area contributed by atoms with Gasteiger partial charge in [0.25, 0.3) is 0 Å². The first-order chi connectivity index (χ1) is 8.65. The van der Waals surface area contributed by atoms with E-state index in [-0.39, 0.29) is 18.2 Å². The molecule has 2 saturated carbocycles. The van der Waals surface area contributed by atoms with E-state index >= 15 is 0 Å². The third kappa shape index (κ3) is 2.16. The van der Waals surface area contributed by atoms with Crippen molar-refractivity contribution in [2.24, 2.45) is 17.8 Å². The summed E-state index contributed by atoms with van der Waals surface area (Å²) >= 11 is 0. The summed E-state index contributed by atoms with van der Waals surface area (Å²) in [5.74, 6) is 0.504. The standard InChI is InChI=1S/C14H19NO3/c16-13(17)5-6-15(11-3-4-11)14(18)12-8-9-1-2-10(12)7-9/h1-2,9-12H,3-8H2,(H,16,17). The van der Waals surface area contributed by atoms with Crippen LogP contribution in [0.4, 0.5) is 0 Å². The van der Waals surface area contributed by atoms with E-state index in [0.717, 1.165) is 25.7 Å².